The summed E-state index contributed by atoms with van der Waals surface area (Å²) >= 11 is 0. The Balaban J connectivity index is 5.91. The first kappa shape index (κ1) is 18.2. The molecular formula is C7H6F10O2. The predicted molar refractivity (Wildman–Crippen MR) is 38.3 cm³/mol. The van der Waals surface area contributed by atoms with Crippen LogP contribution in [0.3, 0.4) is 0 Å². The first-order valence-electron chi connectivity index (χ1n) is 4.21. The summed E-state index contributed by atoms with van der Waals surface area (Å²) in [4.78, 5) is 0. The first-order valence-corrected chi connectivity index (χ1v) is 4.21. The molecule has 0 rings (SSSR count). The lowest BCUT2D eigenvalue weighted by Crippen LogP contribution is -2.65. The Labute approximate surface area is 98.8 Å². The van der Waals surface area contributed by atoms with E-state index in [4.69, 9.17) is 0 Å². The summed E-state index contributed by atoms with van der Waals surface area (Å²) in [5.74, 6) is -16.2. The molecule has 0 aromatic rings. The van der Waals surface area contributed by atoms with Crippen molar-refractivity contribution >= 4 is 0 Å². The molecule has 0 N–H and O–H groups in total. The van der Waals surface area contributed by atoms with Crippen molar-refractivity contribution in [3.8, 4) is 0 Å². The van der Waals surface area contributed by atoms with Crippen molar-refractivity contribution in [3.63, 3.8) is 0 Å². The minimum absolute atomic E-state index is 0.623. The highest BCUT2D eigenvalue weighted by Crippen LogP contribution is 2.50. The highest BCUT2D eigenvalue weighted by atomic mass is 19.4. The number of hydrogen-bond acceptors (Lipinski definition) is 2. The van der Waals surface area contributed by atoms with E-state index in [0.717, 1.165) is 0 Å². The zero-order chi connectivity index (χ0) is 15.9. The molecule has 0 unspecified atom stereocenters. The van der Waals surface area contributed by atoms with Crippen LogP contribution in [0.5, 0.6) is 0 Å². The van der Waals surface area contributed by atoms with Crippen molar-refractivity contribution in [2.75, 3.05) is 0 Å². The maximum atomic E-state index is 12.9. The normalized spacial score (nSPS) is 15.8. The molecular weight excluding hydrogens is 306 g/mol. The quantitative estimate of drug-likeness (QED) is 0.575. The van der Waals surface area contributed by atoms with Crippen LogP contribution in [0.2, 0.25) is 0 Å². The zero-order valence-electron chi connectivity index (χ0n) is 9.10. The number of ether oxygens (including phenoxy) is 2. The van der Waals surface area contributed by atoms with Gasteiger partial charge in [-0.05, 0) is 0 Å². The second kappa shape index (κ2) is 4.65. The van der Waals surface area contributed by atoms with Crippen LogP contribution in [0.4, 0.5) is 43.9 Å². The number of rotatable bonds is 4. The summed E-state index contributed by atoms with van der Waals surface area (Å²) in [6, 6.07) is 0. The smallest absolute Gasteiger partial charge is 0.246 e. The van der Waals surface area contributed by atoms with E-state index in [2.05, 4.69) is 9.47 Å². The molecule has 0 amide bonds. The topological polar surface area (TPSA) is 18.5 Å². The van der Waals surface area contributed by atoms with E-state index in [1.165, 1.54) is 0 Å². The largest absolute Gasteiger partial charge is 0.525 e. The summed E-state index contributed by atoms with van der Waals surface area (Å²) in [5, 5.41) is 0. The van der Waals surface area contributed by atoms with Crippen molar-refractivity contribution in [2.45, 2.75) is 44.2 Å². The summed E-state index contributed by atoms with van der Waals surface area (Å²) < 4.78 is 127. The van der Waals surface area contributed by atoms with Gasteiger partial charge in [-0.1, -0.05) is 0 Å². The summed E-state index contributed by atoms with van der Waals surface area (Å²) in [6.07, 6.45) is -12.4. The summed E-state index contributed by atoms with van der Waals surface area (Å²) in [7, 11) is 0. The first-order chi connectivity index (χ1) is 7.91. The molecule has 0 saturated carbocycles. The molecule has 0 radical (unpaired) electrons. The van der Waals surface area contributed by atoms with Gasteiger partial charge in [-0.25, -0.2) is 27.0 Å². The van der Waals surface area contributed by atoms with Crippen LogP contribution in [0.1, 0.15) is 13.8 Å². The SMILES string of the molecule is CC(F)(F)C(OC(F)(F)F)(OC(F)(F)F)C(C)(F)F. The van der Waals surface area contributed by atoms with Gasteiger partial charge in [0.1, 0.15) is 0 Å². The molecule has 19 heavy (non-hydrogen) atoms. The molecule has 0 fully saturated rings. The van der Waals surface area contributed by atoms with Crippen molar-refractivity contribution in [2.24, 2.45) is 0 Å². The standard InChI is InChI=1S/C7H6F10O2/c1-3(8,9)5(4(2,10)11,18-6(12,13)14)19-7(15,16)17/h1-2H3. The Morgan fingerprint density at radius 2 is 0.737 bits per heavy atom. The second-order valence-corrected chi connectivity index (χ2v) is 3.49. The van der Waals surface area contributed by atoms with Gasteiger partial charge < -0.3 is 0 Å². The fourth-order valence-electron chi connectivity index (χ4n) is 1.09. The average molecular weight is 312 g/mol. The van der Waals surface area contributed by atoms with Crippen LogP contribution < -0.4 is 0 Å². The van der Waals surface area contributed by atoms with Gasteiger partial charge >= 0.3 is 30.4 Å². The molecule has 0 aliphatic carbocycles. The van der Waals surface area contributed by atoms with Gasteiger partial charge in [-0.3, -0.25) is 0 Å². The maximum Gasteiger partial charge on any atom is 0.525 e. The lowest BCUT2D eigenvalue weighted by molar-refractivity contribution is -0.542. The Morgan fingerprint density at radius 3 is 0.842 bits per heavy atom. The lowest BCUT2D eigenvalue weighted by atomic mass is 10.0. The Hall–Kier alpha value is -0.780. The molecule has 0 aromatic carbocycles. The molecule has 0 aromatic heterocycles. The van der Waals surface area contributed by atoms with Gasteiger partial charge in [-0.15, -0.1) is 26.3 Å². The van der Waals surface area contributed by atoms with Crippen LogP contribution in [0.25, 0.3) is 0 Å². The van der Waals surface area contributed by atoms with Crippen molar-refractivity contribution in [1.82, 2.24) is 0 Å². The predicted octanol–water partition coefficient (Wildman–Crippen LogP) is 4.07. The van der Waals surface area contributed by atoms with Crippen molar-refractivity contribution < 1.29 is 53.4 Å². The molecule has 0 aliphatic heterocycles. The number of alkyl halides is 10. The lowest BCUT2D eigenvalue weighted by Gasteiger charge is -2.41. The maximum absolute atomic E-state index is 12.9. The molecule has 0 bridgehead atoms. The molecule has 0 saturated heterocycles. The van der Waals surface area contributed by atoms with E-state index in [0.29, 0.717) is 0 Å². The van der Waals surface area contributed by atoms with Crippen LogP contribution in [-0.4, -0.2) is 30.4 Å². The van der Waals surface area contributed by atoms with Crippen LogP contribution in [0, 0.1) is 0 Å². The minimum Gasteiger partial charge on any atom is -0.246 e. The third-order valence-corrected chi connectivity index (χ3v) is 1.67. The molecule has 0 spiro atoms. The van der Waals surface area contributed by atoms with Crippen LogP contribution >= 0.6 is 0 Å². The van der Waals surface area contributed by atoms with Gasteiger partial charge in [0.25, 0.3) is 0 Å². The molecule has 2 nitrogen and oxygen atoms in total. The van der Waals surface area contributed by atoms with E-state index in [-0.39, 0.29) is 0 Å². The summed E-state index contributed by atoms with van der Waals surface area (Å²) in [6.45, 7) is -1.25. The monoisotopic (exact) mass is 312 g/mol. The Bertz CT molecular complexity index is 274. The second-order valence-electron chi connectivity index (χ2n) is 3.49. The molecule has 0 atom stereocenters. The van der Waals surface area contributed by atoms with Crippen molar-refractivity contribution in [1.29, 1.82) is 0 Å². The van der Waals surface area contributed by atoms with E-state index in [1.54, 1.807) is 0 Å². The third kappa shape index (κ3) is 4.67. The summed E-state index contributed by atoms with van der Waals surface area (Å²) in [5.41, 5.74) is 0. The van der Waals surface area contributed by atoms with Gasteiger partial charge in [-0.2, -0.15) is 0 Å². The highest BCUT2D eigenvalue weighted by Gasteiger charge is 2.73. The fraction of sp³-hybridized carbons (Fsp3) is 1.00. The average Bonchev–Trinajstić information content (AvgIpc) is 1.91. The van der Waals surface area contributed by atoms with Gasteiger partial charge in [0.2, 0.25) is 0 Å². The zero-order valence-corrected chi connectivity index (χ0v) is 9.10. The molecule has 0 aliphatic rings. The van der Waals surface area contributed by atoms with E-state index in [9.17, 15) is 43.9 Å². The third-order valence-electron chi connectivity index (χ3n) is 1.67. The van der Waals surface area contributed by atoms with E-state index < -0.39 is 44.2 Å². The fourth-order valence-corrected chi connectivity index (χ4v) is 1.09. The van der Waals surface area contributed by atoms with Crippen LogP contribution in [-0.2, 0) is 9.47 Å². The molecule has 116 valence electrons. The van der Waals surface area contributed by atoms with Gasteiger partial charge in [0.15, 0.2) is 0 Å². The van der Waals surface area contributed by atoms with Gasteiger partial charge in [0, 0.05) is 13.8 Å². The van der Waals surface area contributed by atoms with Crippen molar-refractivity contribution in [3.05, 3.63) is 0 Å². The van der Waals surface area contributed by atoms with Gasteiger partial charge in [0.05, 0.1) is 0 Å². The van der Waals surface area contributed by atoms with Crippen LogP contribution in [0.15, 0.2) is 0 Å². The van der Waals surface area contributed by atoms with E-state index in [1.807, 2.05) is 0 Å². The Morgan fingerprint density at radius 1 is 0.526 bits per heavy atom. The Kier molecular flexibility index (Phi) is 4.46. The highest BCUT2D eigenvalue weighted by molar-refractivity contribution is 4.94. The number of halogens is 10. The van der Waals surface area contributed by atoms with E-state index >= 15 is 0 Å². The number of hydrogen-bond donors (Lipinski definition) is 0. The minimum atomic E-state index is -6.22. The molecule has 12 heteroatoms. The molecule has 0 heterocycles.